The second-order valence-corrected chi connectivity index (χ2v) is 4.98. The molecular formula is C14H21NO2. The first-order chi connectivity index (χ1) is 7.95. The molecule has 0 radical (unpaired) electrons. The smallest absolute Gasteiger partial charge is 0.243 e. The highest BCUT2D eigenvalue weighted by Gasteiger charge is 2.21. The minimum absolute atomic E-state index is 0.00121. The molecule has 0 unspecified atom stereocenters. The Labute approximate surface area is 103 Å². The number of benzene rings is 1. The summed E-state index contributed by atoms with van der Waals surface area (Å²) in [6.45, 7) is 6.37. The van der Waals surface area contributed by atoms with E-state index >= 15 is 0 Å². The molecule has 0 atom stereocenters. The highest BCUT2D eigenvalue weighted by molar-refractivity contribution is 5.74. The third kappa shape index (κ3) is 4.19. The average molecular weight is 235 g/mol. The number of rotatable bonds is 5. The molecule has 0 aliphatic rings. The van der Waals surface area contributed by atoms with Crippen LogP contribution in [0.3, 0.4) is 0 Å². The Morgan fingerprint density at radius 2 is 1.88 bits per heavy atom. The maximum Gasteiger partial charge on any atom is 0.243 e. The molecule has 0 heterocycles. The Morgan fingerprint density at radius 3 is 2.41 bits per heavy atom. The number of hydrogen-bond acceptors (Lipinski definition) is 2. The summed E-state index contributed by atoms with van der Waals surface area (Å²) in [6, 6.07) is 8.46. The molecule has 1 aromatic rings. The van der Waals surface area contributed by atoms with Gasteiger partial charge in [-0.05, 0) is 24.3 Å². The van der Waals surface area contributed by atoms with E-state index in [1.165, 1.54) is 18.2 Å². The highest BCUT2D eigenvalue weighted by Crippen LogP contribution is 2.28. The first kappa shape index (κ1) is 13.7. The van der Waals surface area contributed by atoms with Crippen molar-refractivity contribution in [3.63, 3.8) is 0 Å². The lowest BCUT2D eigenvalue weighted by molar-refractivity contribution is -0.131. The Bertz CT molecular complexity index is 368. The molecule has 3 nitrogen and oxygen atoms in total. The van der Waals surface area contributed by atoms with Gasteiger partial charge in [0.15, 0.2) is 0 Å². The van der Waals surface area contributed by atoms with Crippen LogP contribution >= 0.6 is 0 Å². The van der Waals surface area contributed by atoms with E-state index in [-0.39, 0.29) is 11.3 Å². The van der Waals surface area contributed by atoms with E-state index in [2.05, 4.69) is 55.4 Å². The highest BCUT2D eigenvalue weighted by atomic mass is 16.6. The Hall–Kier alpha value is -1.35. The van der Waals surface area contributed by atoms with Gasteiger partial charge in [-0.2, -0.15) is 0 Å². The summed E-state index contributed by atoms with van der Waals surface area (Å²) in [5.74, 6) is -0.0762. The zero-order valence-electron chi connectivity index (χ0n) is 11.0. The monoisotopic (exact) mass is 235 g/mol. The molecule has 1 rings (SSSR count). The SMILES string of the molecule is CONC(=O)CCC(C)(C)c1ccc(C)cc1. The lowest BCUT2D eigenvalue weighted by atomic mass is 9.80. The van der Waals surface area contributed by atoms with Gasteiger partial charge in [-0.25, -0.2) is 5.48 Å². The van der Waals surface area contributed by atoms with Crippen molar-refractivity contribution in [2.45, 2.75) is 39.0 Å². The lowest BCUT2D eigenvalue weighted by Crippen LogP contribution is -2.25. The summed E-state index contributed by atoms with van der Waals surface area (Å²) in [4.78, 5) is 15.9. The third-order valence-corrected chi connectivity index (χ3v) is 3.03. The number of carbonyl (C=O) groups is 1. The second-order valence-electron chi connectivity index (χ2n) is 4.98. The lowest BCUT2D eigenvalue weighted by Gasteiger charge is -2.25. The fourth-order valence-electron chi connectivity index (χ4n) is 1.74. The molecule has 3 heteroatoms. The van der Waals surface area contributed by atoms with Gasteiger partial charge in [0.1, 0.15) is 0 Å². The summed E-state index contributed by atoms with van der Waals surface area (Å²) < 4.78 is 0. The molecule has 94 valence electrons. The maximum absolute atomic E-state index is 11.3. The molecule has 1 N–H and O–H groups in total. The van der Waals surface area contributed by atoms with Gasteiger partial charge in [-0.15, -0.1) is 0 Å². The van der Waals surface area contributed by atoms with Gasteiger partial charge in [-0.3, -0.25) is 9.63 Å². The Kier molecular flexibility index (Phi) is 4.70. The Morgan fingerprint density at radius 1 is 1.29 bits per heavy atom. The van der Waals surface area contributed by atoms with Gasteiger partial charge in [0.25, 0.3) is 0 Å². The molecule has 0 saturated heterocycles. The van der Waals surface area contributed by atoms with Crippen molar-refractivity contribution in [3.05, 3.63) is 35.4 Å². The maximum atomic E-state index is 11.3. The van der Waals surface area contributed by atoms with Crippen LogP contribution in [-0.4, -0.2) is 13.0 Å². The average Bonchev–Trinajstić information content (AvgIpc) is 2.28. The van der Waals surface area contributed by atoms with Crippen molar-refractivity contribution in [1.82, 2.24) is 5.48 Å². The van der Waals surface area contributed by atoms with Crippen LogP contribution in [0.4, 0.5) is 0 Å². The van der Waals surface area contributed by atoms with Crippen LogP contribution in [-0.2, 0) is 15.0 Å². The minimum Gasteiger partial charge on any atom is -0.277 e. The Balaban J connectivity index is 2.61. The van der Waals surface area contributed by atoms with Gasteiger partial charge in [0, 0.05) is 6.42 Å². The normalized spacial score (nSPS) is 11.3. The third-order valence-electron chi connectivity index (χ3n) is 3.03. The van der Waals surface area contributed by atoms with Gasteiger partial charge in [-0.1, -0.05) is 43.7 Å². The molecule has 0 fully saturated rings. The second kappa shape index (κ2) is 5.82. The molecule has 1 aromatic carbocycles. The van der Waals surface area contributed by atoms with Crippen molar-refractivity contribution in [2.75, 3.05) is 7.11 Å². The molecule has 0 spiro atoms. The van der Waals surface area contributed by atoms with Crippen LogP contribution in [0.2, 0.25) is 0 Å². The van der Waals surface area contributed by atoms with E-state index < -0.39 is 0 Å². The van der Waals surface area contributed by atoms with Crippen molar-refractivity contribution >= 4 is 5.91 Å². The quantitative estimate of drug-likeness (QED) is 0.797. The van der Waals surface area contributed by atoms with Gasteiger partial charge in [0.2, 0.25) is 5.91 Å². The zero-order valence-corrected chi connectivity index (χ0v) is 11.0. The fourth-order valence-corrected chi connectivity index (χ4v) is 1.74. The summed E-state index contributed by atoms with van der Waals surface area (Å²) in [6.07, 6.45) is 1.26. The van der Waals surface area contributed by atoms with Crippen LogP contribution in [0.25, 0.3) is 0 Å². The zero-order chi connectivity index (χ0) is 12.9. The van der Waals surface area contributed by atoms with Crippen molar-refractivity contribution in [2.24, 2.45) is 0 Å². The summed E-state index contributed by atoms with van der Waals surface area (Å²) in [5, 5.41) is 0. The van der Waals surface area contributed by atoms with Crippen LogP contribution in [0.15, 0.2) is 24.3 Å². The van der Waals surface area contributed by atoms with Gasteiger partial charge >= 0.3 is 0 Å². The number of hydrogen-bond donors (Lipinski definition) is 1. The predicted octanol–water partition coefficient (Wildman–Crippen LogP) is 2.73. The molecule has 17 heavy (non-hydrogen) atoms. The van der Waals surface area contributed by atoms with Gasteiger partial charge < -0.3 is 0 Å². The molecule has 1 amide bonds. The molecule has 0 aromatic heterocycles. The number of nitrogens with one attached hydrogen (secondary N) is 1. The van der Waals surface area contributed by atoms with Gasteiger partial charge in [0.05, 0.1) is 7.11 Å². The van der Waals surface area contributed by atoms with Crippen molar-refractivity contribution < 1.29 is 9.63 Å². The van der Waals surface area contributed by atoms with Crippen LogP contribution in [0, 0.1) is 6.92 Å². The number of aryl methyl sites for hydroxylation is 1. The topological polar surface area (TPSA) is 38.3 Å². The minimum atomic E-state index is -0.0762. The largest absolute Gasteiger partial charge is 0.277 e. The van der Waals surface area contributed by atoms with E-state index in [1.807, 2.05) is 0 Å². The first-order valence-corrected chi connectivity index (χ1v) is 5.84. The molecule has 0 aliphatic carbocycles. The van der Waals surface area contributed by atoms with E-state index in [0.717, 1.165) is 6.42 Å². The summed E-state index contributed by atoms with van der Waals surface area (Å²) in [5.41, 5.74) is 4.85. The van der Waals surface area contributed by atoms with Crippen LogP contribution in [0.1, 0.15) is 37.8 Å². The fraction of sp³-hybridized carbons (Fsp3) is 0.500. The van der Waals surface area contributed by atoms with E-state index in [9.17, 15) is 4.79 Å². The van der Waals surface area contributed by atoms with E-state index in [1.54, 1.807) is 0 Å². The first-order valence-electron chi connectivity index (χ1n) is 5.84. The number of hydroxylamine groups is 1. The predicted molar refractivity (Wildman–Crippen MR) is 68.6 cm³/mol. The van der Waals surface area contributed by atoms with E-state index in [0.29, 0.717) is 6.42 Å². The summed E-state index contributed by atoms with van der Waals surface area (Å²) in [7, 11) is 1.45. The number of carbonyl (C=O) groups excluding carboxylic acids is 1. The van der Waals surface area contributed by atoms with Crippen LogP contribution < -0.4 is 5.48 Å². The molecule has 0 aliphatic heterocycles. The van der Waals surface area contributed by atoms with Crippen molar-refractivity contribution in [3.8, 4) is 0 Å². The molecule has 0 bridgehead atoms. The van der Waals surface area contributed by atoms with E-state index in [4.69, 9.17) is 0 Å². The standard InChI is InChI=1S/C14H21NO2/c1-11-5-7-12(8-6-11)14(2,3)10-9-13(16)15-17-4/h5-8H,9-10H2,1-4H3,(H,15,16). The summed E-state index contributed by atoms with van der Waals surface area (Å²) >= 11 is 0. The number of amides is 1. The molecule has 0 saturated carbocycles. The molecular weight excluding hydrogens is 214 g/mol. The van der Waals surface area contributed by atoms with Crippen molar-refractivity contribution in [1.29, 1.82) is 0 Å². The van der Waals surface area contributed by atoms with Crippen LogP contribution in [0.5, 0.6) is 0 Å².